The van der Waals surface area contributed by atoms with Gasteiger partial charge in [0.2, 0.25) is 0 Å². The Kier molecular flexibility index (Phi) is 5.27. The summed E-state index contributed by atoms with van der Waals surface area (Å²) in [5.41, 5.74) is -0.105. The van der Waals surface area contributed by atoms with Gasteiger partial charge in [-0.1, -0.05) is 36.9 Å². The van der Waals surface area contributed by atoms with Crippen molar-refractivity contribution in [2.24, 2.45) is 0 Å². The van der Waals surface area contributed by atoms with Gasteiger partial charge in [0.05, 0.1) is 5.02 Å². The average molecular weight is 269 g/mol. The maximum atomic E-state index is 11.3. The first kappa shape index (κ1) is 14.1. The van der Waals surface area contributed by atoms with E-state index in [-0.39, 0.29) is 35.3 Å². The van der Waals surface area contributed by atoms with Crippen LogP contribution in [0, 0.1) is 0 Å². The van der Waals surface area contributed by atoms with Gasteiger partial charge in [0.15, 0.2) is 5.75 Å². The van der Waals surface area contributed by atoms with Crippen LogP contribution in [-0.2, 0) is 0 Å². The minimum atomic E-state index is -1.17. The number of aromatic carboxylic acids is 1. The normalized spacial score (nSPS) is 9.61. The first-order chi connectivity index (χ1) is 8.61. The van der Waals surface area contributed by atoms with Crippen molar-refractivity contribution in [3.8, 4) is 11.5 Å². The molecule has 0 saturated carbocycles. The summed E-state index contributed by atoms with van der Waals surface area (Å²) >= 11 is 5.92. The summed E-state index contributed by atoms with van der Waals surface area (Å²) in [5.74, 6) is -0.910. The molecule has 1 N–H and O–H groups in total. The summed E-state index contributed by atoms with van der Waals surface area (Å²) in [6.45, 7) is 7.34. The molecular formula is C13H13ClO4. The molecule has 0 aliphatic rings. The molecule has 18 heavy (non-hydrogen) atoms. The van der Waals surface area contributed by atoms with Crippen molar-refractivity contribution in [1.82, 2.24) is 0 Å². The summed E-state index contributed by atoms with van der Waals surface area (Å²) in [6, 6.07) is 3.00. The molecule has 0 atom stereocenters. The zero-order valence-corrected chi connectivity index (χ0v) is 10.4. The highest BCUT2D eigenvalue weighted by Gasteiger charge is 2.21. The Hall–Kier alpha value is -1.94. The van der Waals surface area contributed by atoms with Crippen molar-refractivity contribution in [3.05, 3.63) is 48.0 Å². The number of rotatable bonds is 7. The lowest BCUT2D eigenvalue weighted by Crippen LogP contribution is -2.07. The summed E-state index contributed by atoms with van der Waals surface area (Å²) in [5, 5.41) is 9.41. The van der Waals surface area contributed by atoms with Gasteiger partial charge in [0, 0.05) is 0 Å². The van der Waals surface area contributed by atoms with Gasteiger partial charge < -0.3 is 14.6 Å². The predicted octanol–water partition coefficient (Wildman–Crippen LogP) is 3.17. The van der Waals surface area contributed by atoms with Crippen LogP contribution in [0.2, 0.25) is 5.02 Å². The first-order valence-electron chi connectivity index (χ1n) is 5.15. The van der Waals surface area contributed by atoms with Crippen LogP contribution in [0.4, 0.5) is 0 Å². The van der Waals surface area contributed by atoms with Crippen LogP contribution in [0.3, 0.4) is 0 Å². The minimum Gasteiger partial charge on any atom is -0.488 e. The third-order valence-corrected chi connectivity index (χ3v) is 2.29. The maximum Gasteiger partial charge on any atom is 0.343 e. The van der Waals surface area contributed by atoms with E-state index in [9.17, 15) is 9.90 Å². The lowest BCUT2D eigenvalue weighted by atomic mass is 10.1. The molecule has 1 aromatic carbocycles. The van der Waals surface area contributed by atoms with Crippen molar-refractivity contribution >= 4 is 17.6 Å². The van der Waals surface area contributed by atoms with Crippen LogP contribution in [0.5, 0.6) is 11.5 Å². The predicted molar refractivity (Wildman–Crippen MR) is 69.8 cm³/mol. The quantitative estimate of drug-likeness (QED) is 0.772. The molecule has 0 saturated heterocycles. The Labute approximate surface area is 110 Å². The fourth-order valence-corrected chi connectivity index (χ4v) is 1.51. The largest absolute Gasteiger partial charge is 0.488 e. The zero-order valence-electron chi connectivity index (χ0n) is 9.69. The van der Waals surface area contributed by atoms with E-state index in [0.717, 1.165) is 0 Å². The molecule has 0 spiro atoms. The minimum absolute atomic E-state index is 0.0747. The van der Waals surface area contributed by atoms with Crippen molar-refractivity contribution in [3.63, 3.8) is 0 Å². The van der Waals surface area contributed by atoms with Crippen LogP contribution < -0.4 is 9.47 Å². The number of halogens is 1. The molecule has 0 bridgehead atoms. The van der Waals surface area contributed by atoms with Crippen molar-refractivity contribution in [2.45, 2.75) is 0 Å². The van der Waals surface area contributed by atoms with Crippen LogP contribution in [0.1, 0.15) is 10.4 Å². The van der Waals surface area contributed by atoms with E-state index in [1.807, 2.05) is 0 Å². The topological polar surface area (TPSA) is 55.8 Å². The summed E-state index contributed by atoms with van der Waals surface area (Å²) in [4.78, 5) is 11.3. The van der Waals surface area contributed by atoms with Gasteiger partial charge >= 0.3 is 5.97 Å². The lowest BCUT2D eigenvalue weighted by molar-refractivity contribution is 0.0688. The van der Waals surface area contributed by atoms with Crippen LogP contribution in [0.15, 0.2) is 37.4 Å². The molecule has 0 aliphatic heterocycles. The molecule has 4 nitrogen and oxygen atoms in total. The van der Waals surface area contributed by atoms with Crippen molar-refractivity contribution in [1.29, 1.82) is 0 Å². The monoisotopic (exact) mass is 268 g/mol. The Morgan fingerprint density at radius 3 is 2.44 bits per heavy atom. The zero-order chi connectivity index (χ0) is 13.5. The lowest BCUT2D eigenvalue weighted by Gasteiger charge is -2.13. The van der Waals surface area contributed by atoms with Gasteiger partial charge in [-0.2, -0.15) is 0 Å². The Morgan fingerprint density at radius 1 is 1.28 bits per heavy atom. The van der Waals surface area contributed by atoms with Crippen LogP contribution in [-0.4, -0.2) is 24.3 Å². The maximum absolute atomic E-state index is 11.3. The molecule has 0 fully saturated rings. The highest BCUT2D eigenvalue weighted by atomic mass is 35.5. The molecule has 0 radical (unpaired) electrons. The Bertz CT molecular complexity index is 468. The van der Waals surface area contributed by atoms with E-state index >= 15 is 0 Å². The number of hydrogen-bond acceptors (Lipinski definition) is 3. The number of carboxylic acid groups (broad SMARTS) is 1. The van der Waals surface area contributed by atoms with Crippen molar-refractivity contribution < 1.29 is 19.4 Å². The SMILES string of the molecule is C=CCOc1ccc(Cl)c(OCC=C)c1C(=O)O. The molecule has 0 aliphatic carbocycles. The fraction of sp³-hybridized carbons (Fsp3) is 0.154. The highest BCUT2D eigenvalue weighted by Crippen LogP contribution is 2.35. The summed E-state index contributed by atoms with van der Waals surface area (Å²) in [7, 11) is 0. The molecule has 96 valence electrons. The smallest absolute Gasteiger partial charge is 0.343 e. The third-order valence-electron chi connectivity index (χ3n) is 1.99. The van der Waals surface area contributed by atoms with Gasteiger partial charge in [0.25, 0.3) is 0 Å². The van der Waals surface area contributed by atoms with Crippen molar-refractivity contribution in [2.75, 3.05) is 13.2 Å². The van der Waals surface area contributed by atoms with E-state index < -0.39 is 5.97 Å². The molecule has 0 heterocycles. The number of carboxylic acids is 1. The fourth-order valence-electron chi connectivity index (χ4n) is 1.29. The molecule has 1 rings (SSSR count). The third kappa shape index (κ3) is 3.28. The Morgan fingerprint density at radius 2 is 1.89 bits per heavy atom. The number of hydrogen-bond donors (Lipinski definition) is 1. The number of benzene rings is 1. The van der Waals surface area contributed by atoms with Gasteiger partial charge in [-0.25, -0.2) is 4.79 Å². The van der Waals surface area contributed by atoms with Crippen LogP contribution in [0.25, 0.3) is 0 Å². The van der Waals surface area contributed by atoms with Gasteiger partial charge in [-0.3, -0.25) is 0 Å². The molecule has 0 amide bonds. The second kappa shape index (κ2) is 6.71. The second-order valence-electron chi connectivity index (χ2n) is 3.25. The molecule has 1 aromatic rings. The average Bonchev–Trinajstić information content (AvgIpc) is 2.35. The van der Waals surface area contributed by atoms with E-state index in [0.29, 0.717) is 0 Å². The number of ether oxygens (including phenoxy) is 2. The molecular weight excluding hydrogens is 256 g/mol. The van der Waals surface area contributed by atoms with Gasteiger partial charge in [-0.15, -0.1) is 0 Å². The van der Waals surface area contributed by atoms with Crippen LogP contribution >= 0.6 is 11.6 Å². The Balaban J connectivity index is 3.22. The van der Waals surface area contributed by atoms with Gasteiger partial charge in [-0.05, 0) is 12.1 Å². The second-order valence-corrected chi connectivity index (χ2v) is 3.66. The number of carbonyl (C=O) groups is 1. The summed E-state index contributed by atoms with van der Waals surface area (Å²) < 4.78 is 10.5. The van der Waals surface area contributed by atoms with E-state index in [2.05, 4.69) is 13.2 Å². The molecule has 0 aromatic heterocycles. The molecule has 5 heteroatoms. The van der Waals surface area contributed by atoms with E-state index in [4.69, 9.17) is 21.1 Å². The standard InChI is InChI=1S/C13H13ClO4/c1-3-7-17-10-6-5-9(14)12(18-8-4-2)11(10)13(15)16/h3-6H,1-2,7-8H2,(H,15,16). The molecule has 0 unspecified atom stereocenters. The summed E-state index contributed by atoms with van der Waals surface area (Å²) in [6.07, 6.45) is 3.02. The van der Waals surface area contributed by atoms with Gasteiger partial charge in [0.1, 0.15) is 24.5 Å². The van der Waals surface area contributed by atoms with E-state index in [1.165, 1.54) is 24.3 Å². The highest BCUT2D eigenvalue weighted by molar-refractivity contribution is 6.32. The van der Waals surface area contributed by atoms with E-state index in [1.54, 1.807) is 0 Å². The first-order valence-corrected chi connectivity index (χ1v) is 5.52.